The van der Waals surface area contributed by atoms with Gasteiger partial charge in [-0.25, -0.2) is 19.2 Å². The normalized spacial score (nSPS) is 20.2. The van der Waals surface area contributed by atoms with E-state index in [1.165, 1.54) is 24.3 Å². The number of carbonyl (C=O) groups excluding carboxylic acids is 2. The van der Waals surface area contributed by atoms with E-state index in [2.05, 4.69) is 0 Å². The molecule has 0 aromatic heterocycles. The van der Waals surface area contributed by atoms with Crippen molar-refractivity contribution >= 4 is 17.7 Å². The fourth-order valence-corrected chi connectivity index (χ4v) is 2.25. The van der Waals surface area contributed by atoms with Crippen LogP contribution >= 0.6 is 0 Å². The highest BCUT2D eigenvalue weighted by molar-refractivity contribution is 5.89. The molecule has 1 aromatic rings. The van der Waals surface area contributed by atoms with E-state index >= 15 is 0 Å². The van der Waals surface area contributed by atoms with Gasteiger partial charge >= 0.3 is 17.7 Å². The lowest BCUT2D eigenvalue weighted by Crippen LogP contribution is -2.36. The van der Waals surface area contributed by atoms with Gasteiger partial charge in [-0.1, -0.05) is 0 Å². The highest BCUT2D eigenvalue weighted by Gasteiger charge is 2.40. The summed E-state index contributed by atoms with van der Waals surface area (Å²) >= 11 is 0. The summed E-state index contributed by atoms with van der Waals surface area (Å²) in [6.45, 7) is 4.77. The fourth-order valence-electron chi connectivity index (χ4n) is 2.25. The maximum atomic E-state index is 14.1. The average molecular weight is 355 g/mol. The minimum absolute atomic E-state index is 0.0584. The van der Waals surface area contributed by atoms with Gasteiger partial charge in [0.1, 0.15) is 5.60 Å². The van der Waals surface area contributed by atoms with Gasteiger partial charge < -0.3 is 14.4 Å². The second kappa shape index (κ2) is 7.04. The van der Waals surface area contributed by atoms with Crippen molar-refractivity contribution in [1.82, 2.24) is 4.90 Å². The SMILES string of the molecule is CC(C)(C)OC(=O)N1C[C@@H](F)[C@@H](OC(=O)c2ccc([N+](=O)O)cc2)C1. The van der Waals surface area contributed by atoms with Crippen LogP contribution in [0.15, 0.2) is 24.3 Å². The summed E-state index contributed by atoms with van der Waals surface area (Å²) in [5.41, 5.74) is -0.674. The van der Waals surface area contributed by atoms with Crippen molar-refractivity contribution in [1.29, 1.82) is 0 Å². The van der Waals surface area contributed by atoms with Crippen LogP contribution in [0, 0.1) is 4.91 Å². The van der Waals surface area contributed by atoms with Gasteiger partial charge in [-0.15, -0.1) is 0 Å². The van der Waals surface area contributed by atoms with Crippen molar-refractivity contribution in [2.75, 3.05) is 13.1 Å². The molecule has 1 amide bonds. The number of amides is 1. The molecule has 1 fully saturated rings. The van der Waals surface area contributed by atoms with Crippen LogP contribution in [0.5, 0.6) is 0 Å². The van der Waals surface area contributed by atoms with Crippen LogP contribution in [0.1, 0.15) is 31.1 Å². The topological polar surface area (TPSA) is 96.1 Å². The van der Waals surface area contributed by atoms with Crippen molar-refractivity contribution in [2.45, 2.75) is 38.6 Å². The summed E-state index contributed by atoms with van der Waals surface area (Å²) < 4.78 is 24.3. The number of carbonyl (C=O) groups is 2. The maximum absolute atomic E-state index is 14.1. The highest BCUT2D eigenvalue weighted by atomic mass is 19.1. The van der Waals surface area contributed by atoms with Gasteiger partial charge in [0.05, 0.1) is 23.6 Å². The molecule has 0 saturated carbocycles. The smallest absolute Gasteiger partial charge is 0.410 e. The number of rotatable bonds is 3. The lowest BCUT2D eigenvalue weighted by Gasteiger charge is -2.24. The summed E-state index contributed by atoms with van der Waals surface area (Å²) in [6, 6.07) is 4.98. The first-order valence-corrected chi connectivity index (χ1v) is 7.66. The number of ether oxygens (including phenoxy) is 2. The van der Waals surface area contributed by atoms with E-state index in [1.807, 2.05) is 0 Å². The lowest BCUT2D eigenvalue weighted by atomic mass is 10.2. The molecule has 2 rings (SSSR count). The number of benzene rings is 1. The molecule has 0 aliphatic carbocycles. The highest BCUT2D eigenvalue weighted by Crippen LogP contribution is 2.21. The van der Waals surface area contributed by atoms with E-state index in [4.69, 9.17) is 14.7 Å². The number of alkyl halides is 1. The molecule has 0 spiro atoms. The van der Waals surface area contributed by atoms with E-state index < -0.39 is 29.9 Å². The predicted octanol–water partition coefficient (Wildman–Crippen LogP) is 2.60. The standard InChI is InChI=1S/C16H20FN2O6/c1-16(2,3)25-15(21)18-8-12(17)13(9-18)24-14(20)10-4-6-11(7-5-10)19(22)23/h4-7,12-13H,8-9H2,1-3H3,(H,22,23)/q+1/t12-,13+/m1/s1. The summed E-state index contributed by atoms with van der Waals surface area (Å²) in [5, 5.41) is 8.74. The molecule has 1 saturated heterocycles. The quantitative estimate of drug-likeness (QED) is 0.661. The van der Waals surface area contributed by atoms with E-state index in [0.717, 1.165) is 4.90 Å². The molecule has 1 aliphatic rings. The van der Waals surface area contributed by atoms with Crippen molar-refractivity contribution in [3.8, 4) is 0 Å². The zero-order valence-electron chi connectivity index (χ0n) is 14.1. The van der Waals surface area contributed by atoms with Crippen LogP contribution in [0.25, 0.3) is 0 Å². The van der Waals surface area contributed by atoms with Crippen LogP contribution in [0.4, 0.5) is 14.9 Å². The third-order valence-corrected chi connectivity index (χ3v) is 3.43. The monoisotopic (exact) mass is 355 g/mol. The first kappa shape index (κ1) is 18.6. The van der Waals surface area contributed by atoms with E-state index in [9.17, 15) is 18.9 Å². The Kier molecular flexibility index (Phi) is 5.24. The number of nitrogens with zero attached hydrogens (tertiary/aromatic N) is 2. The number of hydrogen-bond donors (Lipinski definition) is 1. The summed E-state index contributed by atoms with van der Waals surface area (Å²) in [5.74, 6) is -0.791. The molecular formula is C16H20FN2O6+. The first-order valence-electron chi connectivity index (χ1n) is 7.66. The summed E-state index contributed by atoms with van der Waals surface area (Å²) in [6.07, 6.45) is -3.30. The van der Waals surface area contributed by atoms with Crippen LogP contribution < -0.4 is 0 Å². The minimum atomic E-state index is -1.52. The molecule has 9 heteroatoms. The van der Waals surface area contributed by atoms with Crippen molar-refractivity contribution in [2.24, 2.45) is 0 Å². The number of esters is 1. The Labute approximate surface area is 143 Å². The van der Waals surface area contributed by atoms with Crippen LogP contribution in [0.2, 0.25) is 0 Å². The molecule has 1 aliphatic heterocycles. The Morgan fingerprint density at radius 3 is 2.36 bits per heavy atom. The van der Waals surface area contributed by atoms with Gasteiger partial charge in [-0.05, 0) is 32.9 Å². The number of hydrogen-bond acceptors (Lipinski definition) is 5. The third-order valence-electron chi connectivity index (χ3n) is 3.43. The van der Waals surface area contributed by atoms with Gasteiger partial charge in [-0.3, -0.25) is 0 Å². The Balaban J connectivity index is 1.97. The summed E-state index contributed by atoms with van der Waals surface area (Å²) in [7, 11) is 0. The fraction of sp³-hybridized carbons (Fsp3) is 0.500. The molecule has 1 aromatic carbocycles. The molecule has 25 heavy (non-hydrogen) atoms. The second-order valence-electron chi connectivity index (χ2n) is 6.66. The van der Waals surface area contributed by atoms with Crippen molar-refractivity contribution < 1.29 is 33.6 Å². The number of likely N-dealkylation sites (tertiary alicyclic amines) is 1. The van der Waals surface area contributed by atoms with Gasteiger partial charge in [-0.2, -0.15) is 0 Å². The maximum Gasteiger partial charge on any atom is 0.410 e. The van der Waals surface area contributed by atoms with Crippen molar-refractivity contribution in [3.63, 3.8) is 0 Å². The van der Waals surface area contributed by atoms with Gasteiger partial charge in [0, 0.05) is 12.1 Å². The van der Waals surface area contributed by atoms with Gasteiger partial charge in [0.25, 0.3) is 4.92 Å². The first-order chi connectivity index (χ1) is 11.6. The van der Waals surface area contributed by atoms with E-state index in [1.54, 1.807) is 20.8 Å². The molecule has 2 atom stereocenters. The molecule has 0 unspecified atom stereocenters. The Morgan fingerprint density at radius 2 is 1.84 bits per heavy atom. The molecule has 1 N–H and O–H groups in total. The van der Waals surface area contributed by atoms with E-state index in [0.29, 0.717) is 0 Å². The second-order valence-corrected chi connectivity index (χ2v) is 6.66. The minimum Gasteiger partial charge on any atom is -0.454 e. The van der Waals surface area contributed by atoms with Crippen molar-refractivity contribution in [3.05, 3.63) is 34.7 Å². The third kappa shape index (κ3) is 4.88. The van der Waals surface area contributed by atoms with Gasteiger partial charge in [0.15, 0.2) is 12.3 Å². The molecule has 8 nitrogen and oxygen atoms in total. The lowest BCUT2D eigenvalue weighted by molar-refractivity contribution is -0.729. The summed E-state index contributed by atoms with van der Waals surface area (Å²) in [4.78, 5) is 35.5. The predicted molar refractivity (Wildman–Crippen MR) is 83.4 cm³/mol. The Bertz CT molecular complexity index is 670. The van der Waals surface area contributed by atoms with Crippen LogP contribution in [0.3, 0.4) is 0 Å². The van der Waals surface area contributed by atoms with Crippen LogP contribution in [-0.2, 0) is 9.47 Å². The molecular weight excluding hydrogens is 335 g/mol. The molecule has 0 bridgehead atoms. The Hall–Kier alpha value is -2.71. The van der Waals surface area contributed by atoms with E-state index in [-0.39, 0.29) is 29.3 Å². The van der Waals surface area contributed by atoms with Crippen LogP contribution in [-0.4, -0.2) is 58.1 Å². The molecule has 1 heterocycles. The van der Waals surface area contributed by atoms with Gasteiger partial charge in [0.2, 0.25) is 0 Å². The zero-order chi connectivity index (χ0) is 18.8. The average Bonchev–Trinajstić information content (AvgIpc) is 2.87. The molecule has 136 valence electrons. The largest absolute Gasteiger partial charge is 0.454 e. The Morgan fingerprint density at radius 1 is 1.24 bits per heavy atom. The molecule has 0 radical (unpaired) electrons. The zero-order valence-corrected chi connectivity index (χ0v) is 14.1. The number of halogens is 1.